The first kappa shape index (κ1) is 18.2. The van der Waals surface area contributed by atoms with E-state index in [0.717, 1.165) is 5.56 Å². The Kier molecular flexibility index (Phi) is 5.77. The Balaban J connectivity index is 2.30. The average molecular weight is 365 g/mol. The van der Waals surface area contributed by atoms with Crippen molar-refractivity contribution >= 4 is 33.2 Å². The number of sulfonamides is 1. The fourth-order valence-corrected chi connectivity index (χ4v) is 3.54. The molecule has 7 heteroatoms. The lowest BCUT2D eigenvalue weighted by atomic mass is 10.2. The molecule has 0 saturated carbocycles. The number of benzene rings is 2. The standard InChI is InChI=1S/C17H17ClN2O3S/c1-3-9-19-24(22,23)16-11-13(7-8-15(16)18)17(21)20-14-6-4-5-12(2)10-14/h3-8,10-11,19H,1,9H2,2H3,(H,20,21). The van der Waals surface area contributed by atoms with Crippen molar-refractivity contribution in [3.8, 4) is 0 Å². The van der Waals surface area contributed by atoms with Crippen molar-refractivity contribution < 1.29 is 13.2 Å². The molecule has 0 radical (unpaired) electrons. The van der Waals surface area contributed by atoms with Crippen molar-refractivity contribution in [2.24, 2.45) is 0 Å². The van der Waals surface area contributed by atoms with Gasteiger partial charge in [-0.3, -0.25) is 4.79 Å². The third-order valence-electron chi connectivity index (χ3n) is 3.18. The lowest BCUT2D eigenvalue weighted by molar-refractivity contribution is 0.102. The molecule has 0 fully saturated rings. The summed E-state index contributed by atoms with van der Waals surface area (Å²) in [6, 6.07) is 11.4. The van der Waals surface area contributed by atoms with Crippen molar-refractivity contribution in [2.45, 2.75) is 11.8 Å². The van der Waals surface area contributed by atoms with Gasteiger partial charge in [0.2, 0.25) is 10.0 Å². The maximum Gasteiger partial charge on any atom is 0.255 e. The van der Waals surface area contributed by atoms with Crippen LogP contribution in [0.15, 0.2) is 60.0 Å². The fraction of sp³-hybridized carbons (Fsp3) is 0.118. The topological polar surface area (TPSA) is 75.3 Å². The molecule has 0 atom stereocenters. The van der Waals surface area contributed by atoms with E-state index >= 15 is 0 Å². The number of nitrogens with one attached hydrogen (secondary N) is 2. The minimum Gasteiger partial charge on any atom is -0.322 e. The molecule has 0 spiro atoms. The Bertz CT molecular complexity index is 879. The van der Waals surface area contributed by atoms with E-state index in [-0.39, 0.29) is 22.0 Å². The van der Waals surface area contributed by atoms with Crippen LogP contribution in [0.2, 0.25) is 5.02 Å². The van der Waals surface area contributed by atoms with Crippen LogP contribution in [0.1, 0.15) is 15.9 Å². The van der Waals surface area contributed by atoms with E-state index in [4.69, 9.17) is 11.6 Å². The van der Waals surface area contributed by atoms with Gasteiger partial charge in [-0.15, -0.1) is 6.58 Å². The second-order valence-corrected chi connectivity index (χ2v) is 7.25. The molecule has 2 N–H and O–H groups in total. The van der Waals surface area contributed by atoms with Gasteiger partial charge in [-0.1, -0.05) is 29.8 Å². The predicted molar refractivity (Wildman–Crippen MR) is 96.0 cm³/mol. The van der Waals surface area contributed by atoms with Gasteiger partial charge in [-0.05, 0) is 42.8 Å². The summed E-state index contributed by atoms with van der Waals surface area (Å²) in [6.45, 7) is 5.43. The van der Waals surface area contributed by atoms with Crippen LogP contribution in [0.3, 0.4) is 0 Å². The molecule has 5 nitrogen and oxygen atoms in total. The third kappa shape index (κ3) is 4.44. The number of amides is 1. The van der Waals surface area contributed by atoms with Crippen LogP contribution < -0.4 is 10.0 Å². The summed E-state index contributed by atoms with van der Waals surface area (Å²) in [5.41, 5.74) is 1.82. The fourth-order valence-electron chi connectivity index (χ4n) is 2.02. The van der Waals surface area contributed by atoms with E-state index in [1.807, 2.05) is 25.1 Å². The summed E-state index contributed by atoms with van der Waals surface area (Å²) in [6.07, 6.45) is 1.42. The molecule has 0 unspecified atom stereocenters. The highest BCUT2D eigenvalue weighted by atomic mass is 35.5. The smallest absolute Gasteiger partial charge is 0.255 e. The van der Waals surface area contributed by atoms with E-state index in [9.17, 15) is 13.2 Å². The molecular formula is C17H17ClN2O3S. The Morgan fingerprint density at radius 3 is 2.67 bits per heavy atom. The lowest BCUT2D eigenvalue weighted by Crippen LogP contribution is -2.24. The first-order valence-electron chi connectivity index (χ1n) is 7.11. The molecular weight excluding hydrogens is 348 g/mol. The Morgan fingerprint density at radius 1 is 1.25 bits per heavy atom. The van der Waals surface area contributed by atoms with E-state index in [0.29, 0.717) is 5.69 Å². The third-order valence-corrected chi connectivity index (χ3v) is 5.08. The molecule has 2 aromatic carbocycles. The first-order valence-corrected chi connectivity index (χ1v) is 8.98. The molecule has 2 rings (SSSR count). The second kappa shape index (κ2) is 7.61. The number of rotatable bonds is 6. The van der Waals surface area contributed by atoms with Crippen molar-refractivity contribution in [1.29, 1.82) is 0 Å². The maximum atomic E-state index is 12.3. The van der Waals surface area contributed by atoms with Crippen LogP contribution >= 0.6 is 11.6 Å². The van der Waals surface area contributed by atoms with Gasteiger partial charge in [0.15, 0.2) is 0 Å². The van der Waals surface area contributed by atoms with Crippen LogP contribution in [0.5, 0.6) is 0 Å². The van der Waals surface area contributed by atoms with E-state index in [2.05, 4.69) is 16.6 Å². The number of halogens is 1. The summed E-state index contributed by atoms with van der Waals surface area (Å²) in [5, 5.41) is 2.77. The van der Waals surface area contributed by atoms with Gasteiger partial charge in [0.1, 0.15) is 4.90 Å². The zero-order chi connectivity index (χ0) is 17.7. The largest absolute Gasteiger partial charge is 0.322 e. The number of aryl methyl sites for hydroxylation is 1. The lowest BCUT2D eigenvalue weighted by Gasteiger charge is -2.10. The van der Waals surface area contributed by atoms with Crippen LogP contribution in [0, 0.1) is 6.92 Å². The monoisotopic (exact) mass is 364 g/mol. The number of carbonyl (C=O) groups is 1. The van der Waals surface area contributed by atoms with Crippen molar-refractivity contribution in [3.63, 3.8) is 0 Å². The average Bonchev–Trinajstić information content (AvgIpc) is 2.53. The number of hydrogen-bond acceptors (Lipinski definition) is 3. The summed E-state index contributed by atoms with van der Waals surface area (Å²) < 4.78 is 26.8. The van der Waals surface area contributed by atoms with E-state index in [1.54, 1.807) is 6.07 Å². The highest BCUT2D eigenvalue weighted by Crippen LogP contribution is 2.23. The summed E-state index contributed by atoms with van der Waals surface area (Å²) in [5.74, 6) is -0.419. The molecule has 0 aliphatic rings. The normalized spacial score (nSPS) is 11.1. The molecule has 0 saturated heterocycles. The maximum absolute atomic E-state index is 12.3. The van der Waals surface area contributed by atoms with Gasteiger partial charge in [-0.25, -0.2) is 13.1 Å². The molecule has 0 aromatic heterocycles. The molecule has 0 bridgehead atoms. The number of hydrogen-bond donors (Lipinski definition) is 2. The summed E-state index contributed by atoms with van der Waals surface area (Å²) in [4.78, 5) is 12.2. The predicted octanol–water partition coefficient (Wildman–Crippen LogP) is 3.37. The van der Waals surface area contributed by atoms with Crippen molar-refractivity contribution in [1.82, 2.24) is 4.72 Å². The quantitative estimate of drug-likeness (QED) is 0.772. The zero-order valence-electron chi connectivity index (χ0n) is 13.0. The van der Waals surface area contributed by atoms with Crippen LogP contribution in [0.4, 0.5) is 5.69 Å². The molecule has 2 aromatic rings. The van der Waals surface area contributed by atoms with Gasteiger partial charge >= 0.3 is 0 Å². The minimum absolute atomic E-state index is 0.0404. The van der Waals surface area contributed by atoms with Crippen molar-refractivity contribution in [2.75, 3.05) is 11.9 Å². The molecule has 24 heavy (non-hydrogen) atoms. The van der Waals surface area contributed by atoms with Gasteiger partial charge in [0, 0.05) is 17.8 Å². The van der Waals surface area contributed by atoms with Crippen LogP contribution in [-0.2, 0) is 10.0 Å². The molecule has 0 heterocycles. The van der Waals surface area contributed by atoms with E-state index < -0.39 is 15.9 Å². The zero-order valence-corrected chi connectivity index (χ0v) is 14.6. The van der Waals surface area contributed by atoms with Crippen molar-refractivity contribution in [3.05, 3.63) is 71.3 Å². The first-order chi connectivity index (χ1) is 11.3. The van der Waals surface area contributed by atoms with Gasteiger partial charge in [-0.2, -0.15) is 0 Å². The highest BCUT2D eigenvalue weighted by Gasteiger charge is 2.19. The molecule has 0 aliphatic carbocycles. The Hall–Kier alpha value is -2.15. The second-order valence-electron chi connectivity index (χ2n) is 5.11. The van der Waals surface area contributed by atoms with Gasteiger partial charge in [0.25, 0.3) is 5.91 Å². The summed E-state index contributed by atoms with van der Waals surface area (Å²) in [7, 11) is -3.82. The van der Waals surface area contributed by atoms with Crippen LogP contribution in [0.25, 0.3) is 0 Å². The molecule has 126 valence electrons. The van der Waals surface area contributed by atoms with Gasteiger partial charge in [0.05, 0.1) is 5.02 Å². The number of anilines is 1. The van der Waals surface area contributed by atoms with Gasteiger partial charge < -0.3 is 5.32 Å². The Morgan fingerprint density at radius 2 is 2.00 bits per heavy atom. The summed E-state index contributed by atoms with van der Waals surface area (Å²) >= 11 is 5.97. The highest BCUT2D eigenvalue weighted by molar-refractivity contribution is 7.89. The Labute approximate surface area is 146 Å². The molecule has 1 amide bonds. The molecule has 0 aliphatic heterocycles. The SMILES string of the molecule is C=CCNS(=O)(=O)c1cc(C(=O)Nc2cccc(C)c2)ccc1Cl. The minimum atomic E-state index is -3.82. The van der Waals surface area contributed by atoms with Crippen LogP contribution in [-0.4, -0.2) is 20.9 Å². The number of carbonyl (C=O) groups excluding carboxylic acids is 1. The van der Waals surface area contributed by atoms with E-state index in [1.165, 1.54) is 24.3 Å².